The van der Waals surface area contributed by atoms with E-state index in [1.165, 1.54) is 4.90 Å². The molecule has 1 unspecified atom stereocenters. The topological polar surface area (TPSA) is 114 Å². The van der Waals surface area contributed by atoms with Crippen LogP contribution in [-0.4, -0.2) is 71.6 Å². The number of alkyl carbamates (subject to hydrolysis) is 1. The number of benzene rings is 1. The van der Waals surface area contributed by atoms with E-state index in [0.717, 1.165) is 18.4 Å². The van der Waals surface area contributed by atoms with E-state index in [0.29, 0.717) is 6.42 Å². The summed E-state index contributed by atoms with van der Waals surface area (Å²) in [5.74, 6) is -1.71. The Morgan fingerprint density at radius 2 is 1.76 bits per heavy atom. The number of hydrogen-bond donors (Lipinski definition) is 2. The molecule has 3 amide bonds. The predicted molar refractivity (Wildman–Crippen MR) is 125 cm³/mol. The highest BCUT2D eigenvalue weighted by Crippen LogP contribution is 2.25. The average molecular weight is 474 g/mol. The SMILES string of the molecule is CC1C[C@H](NC(=O)OCCOC(C)(C)C)C(=O)N1[C@@H](Cc1ccccc1)C(=O)C(=O)NC1CC1. The Kier molecular flexibility index (Phi) is 8.30. The van der Waals surface area contributed by atoms with Crippen LogP contribution in [0.3, 0.4) is 0 Å². The highest BCUT2D eigenvalue weighted by molar-refractivity contribution is 6.38. The van der Waals surface area contributed by atoms with E-state index in [4.69, 9.17) is 9.47 Å². The van der Waals surface area contributed by atoms with Gasteiger partial charge < -0.3 is 25.0 Å². The zero-order chi connectivity index (χ0) is 24.9. The van der Waals surface area contributed by atoms with Crippen molar-refractivity contribution in [2.45, 2.75) is 83.1 Å². The minimum atomic E-state index is -0.952. The lowest BCUT2D eigenvalue weighted by Gasteiger charge is -2.30. The van der Waals surface area contributed by atoms with Crippen molar-refractivity contribution in [2.75, 3.05) is 13.2 Å². The standard InChI is InChI=1S/C25H35N3O6/c1-16-14-19(27-24(32)33-12-13-34-25(2,3)4)23(31)28(16)20(15-17-8-6-5-7-9-17)21(29)22(30)26-18-10-11-18/h5-9,16,18-20H,10-15H2,1-4H3,(H,26,30)(H,27,32)/t16?,19-,20-/m0/s1. The summed E-state index contributed by atoms with van der Waals surface area (Å²) in [6.45, 7) is 7.81. The molecule has 0 bridgehead atoms. The van der Waals surface area contributed by atoms with Crippen molar-refractivity contribution in [3.05, 3.63) is 35.9 Å². The van der Waals surface area contributed by atoms with Gasteiger partial charge in [0.25, 0.3) is 5.91 Å². The maximum Gasteiger partial charge on any atom is 0.407 e. The van der Waals surface area contributed by atoms with Gasteiger partial charge in [0.05, 0.1) is 12.2 Å². The second-order valence-corrected chi connectivity index (χ2v) is 9.94. The number of rotatable bonds is 10. The number of nitrogens with zero attached hydrogens (tertiary/aromatic N) is 1. The van der Waals surface area contributed by atoms with Gasteiger partial charge in [-0.15, -0.1) is 0 Å². The minimum Gasteiger partial charge on any atom is -0.447 e. The normalized spacial score (nSPS) is 21.2. The summed E-state index contributed by atoms with van der Waals surface area (Å²) in [4.78, 5) is 52.6. The summed E-state index contributed by atoms with van der Waals surface area (Å²) >= 11 is 0. The van der Waals surface area contributed by atoms with E-state index in [-0.39, 0.29) is 37.3 Å². The van der Waals surface area contributed by atoms with Crippen molar-refractivity contribution in [1.82, 2.24) is 15.5 Å². The molecule has 0 spiro atoms. The third kappa shape index (κ3) is 7.28. The number of ether oxygens (including phenoxy) is 2. The Bertz CT molecular complexity index is 894. The maximum absolute atomic E-state index is 13.3. The Morgan fingerprint density at radius 1 is 1.09 bits per heavy atom. The molecule has 2 N–H and O–H groups in total. The molecule has 1 aliphatic heterocycles. The van der Waals surface area contributed by atoms with Crippen molar-refractivity contribution >= 4 is 23.7 Å². The predicted octanol–water partition coefficient (Wildman–Crippen LogP) is 1.98. The molecule has 1 saturated carbocycles. The Labute approximate surface area is 200 Å². The molecule has 3 rings (SSSR count). The highest BCUT2D eigenvalue weighted by atomic mass is 16.6. The van der Waals surface area contributed by atoms with Gasteiger partial charge in [0.1, 0.15) is 18.7 Å². The molecule has 186 valence electrons. The van der Waals surface area contributed by atoms with Crippen molar-refractivity contribution in [3.63, 3.8) is 0 Å². The number of carbonyl (C=O) groups is 4. The first-order chi connectivity index (χ1) is 16.0. The van der Waals surface area contributed by atoms with E-state index in [1.807, 2.05) is 58.0 Å². The van der Waals surface area contributed by atoms with Crippen LogP contribution in [0.25, 0.3) is 0 Å². The smallest absolute Gasteiger partial charge is 0.407 e. The lowest BCUT2D eigenvalue weighted by Crippen LogP contribution is -2.53. The summed E-state index contributed by atoms with van der Waals surface area (Å²) in [5.41, 5.74) is 0.498. The van der Waals surface area contributed by atoms with Crippen molar-refractivity contribution in [1.29, 1.82) is 0 Å². The monoisotopic (exact) mass is 473 g/mol. The number of likely N-dealkylation sites (tertiary alicyclic amines) is 1. The molecule has 1 aromatic rings. The number of carbonyl (C=O) groups excluding carboxylic acids is 4. The van der Waals surface area contributed by atoms with Crippen LogP contribution in [0.4, 0.5) is 4.79 Å². The Hall–Kier alpha value is -2.94. The van der Waals surface area contributed by atoms with Gasteiger partial charge in [-0.05, 0) is 52.5 Å². The number of hydrogen-bond acceptors (Lipinski definition) is 6. The lowest BCUT2D eigenvalue weighted by atomic mass is 9.99. The van der Waals surface area contributed by atoms with Gasteiger partial charge in [-0.25, -0.2) is 4.79 Å². The van der Waals surface area contributed by atoms with Gasteiger partial charge in [0.2, 0.25) is 11.7 Å². The lowest BCUT2D eigenvalue weighted by molar-refractivity contribution is -0.145. The summed E-state index contributed by atoms with van der Waals surface area (Å²) in [6, 6.07) is 7.19. The second-order valence-electron chi connectivity index (χ2n) is 9.94. The minimum absolute atomic E-state index is 0.0342. The molecule has 34 heavy (non-hydrogen) atoms. The molecule has 1 heterocycles. The van der Waals surface area contributed by atoms with Crippen LogP contribution in [0.5, 0.6) is 0 Å². The molecule has 1 aromatic carbocycles. The molecule has 9 heteroatoms. The van der Waals surface area contributed by atoms with Gasteiger partial charge in [-0.2, -0.15) is 0 Å². The van der Waals surface area contributed by atoms with Crippen LogP contribution in [0.1, 0.15) is 52.5 Å². The zero-order valence-electron chi connectivity index (χ0n) is 20.3. The van der Waals surface area contributed by atoms with Gasteiger partial charge in [0, 0.05) is 18.5 Å². The number of nitrogens with one attached hydrogen (secondary N) is 2. The second kappa shape index (κ2) is 11.0. The molecule has 2 aliphatic rings. The van der Waals surface area contributed by atoms with Gasteiger partial charge in [-0.1, -0.05) is 30.3 Å². The fourth-order valence-electron chi connectivity index (χ4n) is 3.99. The van der Waals surface area contributed by atoms with E-state index >= 15 is 0 Å². The fourth-order valence-corrected chi connectivity index (χ4v) is 3.99. The molecule has 0 aromatic heterocycles. The molecular formula is C25H35N3O6. The van der Waals surface area contributed by atoms with Gasteiger partial charge in [0.15, 0.2) is 0 Å². The molecule has 2 fully saturated rings. The van der Waals surface area contributed by atoms with Crippen LogP contribution in [0.15, 0.2) is 30.3 Å². The number of amides is 3. The maximum atomic E-state index is 13.3. The fraction of sp³-hybridized carbons (Fsp3) is 0.600. The van der Waals surface area contributed by atoms with Gasteiger partial charge in [-0.3, -0.25) is 14.4 Å². The first-order valence-electron chi connectivity index (χ1n) is 11.8. The first kappa shape index (κ1) is 25.7. The van der Waals surface area contributed by atoms with Gasteiger partial charge >= 0.3 is 6.09 Å². The van der Waals surface area contributed by atoms with E-state index < -0.39 is 35.8 Å². The number of ketones is 1. The molecule has 1 aliphatic carbocycles. The first-order valence-corrected chi connectivity index (χ1v) is 11.8. The van der Waals surface area contributed by atoms with Crippen LogP contribution in [0.2, 0.25) is 0 Å². The summed E-state index contributed by atoms with van der Waals surface area (Å²) in [5, 5.41) is 5.32. The Morgan fingerprint density at radius 3 is 2.38 bits per heavy atom. The highest BCUT2D eigenvalue weighted by Gasteiger charge is 2.45. The van der Waals surface area contributed by atoms with Crippen molar-refractivity contribution in [2.24, 2.45) is 0 Å². The quantitative estimate of drug-likeness (QED) is 0.397. The summed E-state index contributed by atoms with van der Waals surface area (Å²) in [6.07, 6.45) is 1.53. The molecule has 1 saturated heterocycles. The van der Waals surface area contributed by atoms with Crippen LogP contribution < -0.4 is 10.6 Å². The molecule has 0 radical (unpaired) electrons. The summed E-state index contributed by atoms with van der Waals surface area (Å²) < 4.78 is 10.7. The van der Waals surface area contributed by atoms with Crippen molar-refractivity contribution in [3.8, 4) is 0 Å². The largest absolute Gasteiger partial charge is 0.447 e. The Balaban J connectivity index is 1.65. The number of Topliss-reactive ketones (excluding diaryl/α,β-unsaturated/α-hetero) is 1. The molecule has 9 nitrogen and oxygen atoms in total. The van der Waals surface area contributed by atoms with Crippen molar-refractivity contribution < 1.29 is 28.7 Å². The van der Waals surface area contributed by atoms with E-state index in [1.54, 1.807) is 0 Å². The third-order valence-electron chi connectivity index (χ3n) is 5.79. The third-order valence-corrected chi connectivity index (χ3v) is 5.79. The van der Waals surface area contributed by atoms with Crippen LogP contribution >= 0.6 is 0 Å². The molecular weight excluding hydrogens is 438 g/mol. The van der Waals surface area contributed by atoms with Crippen LogP contribution in [0, 0.1) is 0 Å². The van der Waals surface area contributed by atoms with Crippen LogP contribution in [-0.2, 0) is 30.3 Å². The average Bonchev–Trinajstić information content (AvgIpc) is 3.54. The van der Waals surface area contributed by atoms with E-state index in [2.05, 4.69) is 10.6 Å². The summed E-state index contributed by atoms with van der Waals surface area (Å²) in [7, 11) is 0. The zero-order valence-corrected chi connectivity index (χ0v) is 20.3. The molecule has 3 atom stereocenters. The van der Waals surface area contributed by atoms with E-state index in [9.17, 15) is 19.2 Å².